The van der Waals surface area contributed by atoms with E-state index in [-0.39, 0.29) is 12.4 Å². The van der Waals surface area contributed by atoms with Crippen LogP contribution in [0.5, 0.6) is 0 Å². The summed E-state index contributed by atoms with van der Waals surface area (Å²) in [5.74, 6) is 1.06. The first-order valence-electron chi connectivity index (χ1n) is 4.05. The molecule has 2 fully saturated rings. The van der Waals surface area contributed by atoms with E-state index in [0.717, 1.165) is 12.5 Å². The zero-order valence-electron chi connectivity index (χ0n) is 6.31. The Hall–Kier alpha value is 0.250. The zero-order valence-corrected chi connectivity index (χ0v) is 7.12. The second kappa shape index (κ2) is 2.71. The summed E-state index contributed by atoms with van der Waals surface area (Å²) in [6.07, 6.45) is 7.24. The average Bonchev–Trinajstić information content (AvgIpc) is 2.46. The van der Waals surface area contributed by atoms with Gasteiger partial charge in [0.15, 0.2) is 0 Å². The molecule has 0 amide bonds. The summed E-state index contributed by atoms with van der Waals surface area (Å²) in [6, 6.07) is 0. The average molecular weight is 162 g/mol. The van der Waals surface area contributed by atoms with Gasteiger partial charge >= 0.3 is 0 Å². The van der Waals surface area contributed by atoms with Gasteiger partial charge < -0.3 is 5.73 Å². The maximum Gasteiger partial charge on any atom is -0.00204 e. The van der Waals surface area contributed by atoms with Crippen LogP contribution >= 0.6 is 12.4 Å². The second-order valence-corrected chi connectivity index (χ2v) is 3.85. The molecule has 2 bridgehead atoms. The van der Waals surface area contributed by atoms with Gasteiger partial charge in [-0.15, -0.1) is 12.4 Å². The Balaban J connectivity index is 0.000000500. The predicted octanol–water partition coefficient (Wildman–Crippen LogP) is 1.95. The van der Waals surface area contributed by atoms with E-state index in [1.165, 1.54) is 32.1 Å². The lowest BCUT2D eigenvalue weighted by Crippen LogP contribution is -2.25. The lowest BCUT2D eigenvalue weighted by atomic mass is 9.85. The minimum absolute atomic E-state index is 0. The number of hydrogen-bond acceptors (Lipinski definition) is 1. The smallest absolute Gasteiger partial charge is 0.00204 e. The van der Waals surface area contributed by atoms with Gasteiger partial charge in [-0.05, 0) is 50.0 Å². The van der Waals surface area contributed by atoms with Crippen LogP contribution in [0.15, 0.2) is 0 Å². The summed E-state index contributed by atoms with van der Waals surface area (Å²) in [6.45, 7) is 0.948. The standard InChI is InChI=1S/C8H15N.ClH/c9-6-8-3-1-7(5-8)2-4-8;/h7H,1-6,9H2;1H. The van der Waals surface area contributed by atoms with Gasteiger partial charge in [-0.2, -0.15) is 0 Å². The van der Waals surface area contributed by atoms with Gasteiger partial charge in [-0.3, -0.25) is 0 Å². The van der Waals surface area contributed by atoms with E-state index < -0.39 is 0 Å². The van der Waals surface area contributed by atoms with Crippen molar-refractivity contribution in [3.8, 4) is 0 Å². The third-order valence-corrected chi connectivity index (χ3v) is 3.32. The Bertz CT molecular complexity index is 116. The maximum atomic E-state index is 5.71. The molecular formula is C8H16ClN. The molecule has 2 rings (SSSR count). The number of hydrogen-bond donors (Lipinski definition) is 1. The van der Waals surface area contributed by atoms with Crippen molar-refractivity contribution in [2.45, 2.75) is 32.1 Å². The van der Waals surface area contributed by atoms with E-state index in [9.17, 15) is 0 Å². The zero-order chi connectivity index (χ0) is 6.32. The van der Waals surface area contributed by atoms with Crippen LogP contribution < -0.4 is 5.73 Å². The molecule has 0 radical (unpaired) electrons. The molecular weight excluding hydrogens is 146 g/mol. The maximum absolute atomic E-state index is 5.71. The molecule has 0 aliphatic heterocycles. The van der Waals surface area contributed by atoms with Crippen LogP contribution in [-0.4, -0.2) is 6.54 Å². The molecule has 0 spiro atoms. The van der Waals surface area contributed by atoms with E-state index in [1.54, 1.807) is 0 Å². The molecule has 0 heterocycles. The lowest BCUT2D eigenvalue weighted by molar-refractivity contribution is 0.307. The van der Waals surface area contributed by atoms with Crippen LogP contribution in [0, 0.1) is 11.3 Å². The quantitative estimate of drug-likeness (QED) is 0.625. The van der Waals surface area contributed by atoms with Gasteiger partial charge in [0.2, 0.25) is 0 Å². The molecule has 0 aromatic carbocycles. The lowest BCUT2D eigenvalue weighted by Gasteiger charge is -2.23. The topological polar surface area (TPSA) is 26.0 Å². The molecule has 2 heteroatoms. The van der Waals surface area contributed by atoms with E-state index in [4.69, 9.17) is 5.73 Å². The van der Waals surface area contributed by atoms with E-state index in [2.05, 4.69) is 0 Å². The summed E-state index contributed by atoms with van der Waals surface area (Å²) in [7, 11) is 0. The molecule has 2 aliphatic carbocycles. The summed E-state index contributed by atoms with van der Waals surface area (Å²) in [5.41, 5.74) is 6.34. The normalized spacial score (nSPS) is 43.5. The van der Waals surface area contributed by atoms with Gasteiger partial charge in [0.1, 0.15) is 0 Å². The molecule has 0 aromatic heterocycles. The van der Waals surface area contributed by atoms with Gasteiger partial charge in [-0.25, -0.2) is 0 Å². The minimum Gasteiger partial charge on any atom is -0.330 e. The monoisotopic (exact) mass is 161 g/mol. The van der Waals surface area contributed by atoms with Crippen molar-refractivity contribution in [2.75, 3.05) is 6.54 Å². The fourth-order valence-corrected chi connectivity index (χ4v) is 2.60. The highest BCUT2D eigenvalue weighted by Gasteiger charge is 2.43. The van der Waals surface area contributed by atoms with Crippen LogP contribution in [0.4, 0.5) is 0 Å². The number of fused-ring (bicyclic) bond motifs is 2. The second-order valence-electron chi connectivity index (χ2n) is 3.85. The predicted molar refractivity (Wildman–Crippen MR) is 45.3 cm³/mol. The highest BCUT2D eigenvalue weighted by molar-refractivity contribution is 5.85. The van der Waals surface area contributed by atoms with Gasteiger partial charge in [0.25, 0.3) is 0 Å². The Morgan fingerprint density at radius 1 is 1.30 bits per heavy atom. The van der Waals surface area contributed by atoms with Gasteiger partial charge in [0, 0.05) is 0 Å². The van der Waals surface area contributed by atoms with Crippen molar-refractivity contribution in [1.29, 1.82) is 0 Å². The van der Waals surface area contributed by atoms with Crippen LogP contribution in [0.1, 0.15) is 32.1 Å². The van der Waals surface area contributed by atoms with Gasteiger partial charge in [-0.1, -0.05) is 0 Å². The molecule has 0 unspecified atom stereocenters. The van der Waals surface area contributed by atoms with Crippen molar-refractivity contribution >= 4 is 12.4 Å². The summed E-state index contributed by atoms with van der Waals surface area (Å²) < 4.78 is 0. The molecule has 10 heavy (non-hydrogen) atoms. The van der Waals surface area contributed by atoms with Crippen molar-refractivity contribution in [3.63, 3.8) is 0 Å². The fraction of sp³-hybridized carbons (Fsp3) is 1.00. The number of nitrogens with two attached hydrogens (primary N) is 1. The molecule has 2 N–H and O–H groups in total. The van der Waals surface area contributed by atoms with Crippen molar-refractivity contribution < 1.29 is 0 Å². The first-order chi connectivity index (χ1) is 4.35. The Labute approximate surface area is 68.8 Å². The van der Waals surface area contributed by atoms with Crippen LogP contribution in [0.3, 0.4) is 0 Å². The molecule has 0 atom stereocenters. The number of rotatable bonds is 1. The molecule has 60 valence electrons. The van der Waals surface area contributed by atoms with Crippen LogP contribution in [0.2, 0.25) is 0 Å². The first-order valence-corrected chi connectivity index (χ1v) is 4.05. The Morgan fingerprint density at radius 3 is 2.10 bits per heavy atom. The molecule has 0 aromatic rings. The molecule has 2 saturated carbocycles. The van der Waals surface area contributed by atoms with Crippen molar-refractivity contribution in [1.82, 2.24) is 0 Å². The fourth-order valence-electron chi connectivity index (χ4n) is 2.60. The Kier molecular flexibility index (Phi) is 2.26. The molecule has 1 nitrogen and oxygen atoms in total. The highest BCUT2D eigenvalue weighted by Crippen LogP contribution is 2.53. The molecule has 0 saturated heterocycles. The third kappa shape index (κ3) is 1.06. The third-order valence-electron chi connectivity index (χ3n) is 3.32. The summed E-state index contributed by atoms with van der Waals surface area (Å²) in [4.78, 5) is 0. The summed E-state index contributed by atoms with van der Waals surface area (Å²) in [5, 5.41) is 0. The largest absolute Gasteiger partial charge is 0.330 e. The van der Waals surface area contributed by atoms with E-state index >= 15 is 0 Å². The van der Waals surface area contributed by atoms with Crippen LogP contribution in [0.25, 0.3) is 0 Å². The molecule has 2 aliphatic rings. The van der Waals surface area contributed by atoms with Crippen LogP contribution in [-0.2, 0) is 0 Å². The Morgan fingerprint density at radius 2 is 1.90 bits per heavy atom. The SMILES string of the molecule is Cl.NCC12CCC(CC1)C2. The minimum atomic E-state index is 0. The highest BCUT2D eigenvalue weighted by atomic mass is 35.5. The van der Waals surface area contributed by atoms with E-state index in [1.807, 2.05) is 0 Å². The van der Waals surface area contributed by atoms with Gasteiger partial charge in [0.05, 0.1) is 0 Å². The number of halogens is 1. The van der Waals surface area contributed by atoms with Crippen molar-refractivity contribution in [3.05, 3.63) is 0 Å². The first kappa shape index (κ1) is 8.35. The van der Waals surface area contributed by atoms with Crippen molar-refractivity contribution in [2.24, 2.45) is 17.1 Å². The summed E-state index contributed by atoms with van der Waals surface area (Å²) >= 11 is 0. The van der Waals surface area contributed by atoms with E-state index in [0.29, 0.717) is 5.41 Å².